The Balaban J connectivity index is 2.37. The fourth-order valence-electron chi connectivity index (χ4n) is 2.04. The average Bonchev–Trinajstić information content (AvgIpc) is 2.60. The van der Waals surface area contributed by atoms with Gasteiger partial charge in [0, 0.05) is 13.1 Å². The number of carbonyl (C=O) groups is 2. The molecule has 98 valence electrons. The first kappa shape index (κ1) is 13.1. The molecule has 0 spiro atoms. The van der Waals surface area contributed by atoms with Crippen molar-refractivity contribution in [1.29, 1.82) is 5.26 Å². The second-order valence-electron chi connectivity index (χ2n) is 4.30. The molecule has 0 saturated carbocycles. The highest BCUT2D eigenvalue weighted by atomic mass is 16.4. The van der Waals surface area contributed by atoms with E-state index in [2.05, 4.69) is 5.32 Å². The summed E-state index contributed by atoms with van der Waals surface area (Å²) < 4.78 is 0. The van der Waals surface area contributed by atoms with Crippen molar-refractivity contribution in [2.75, 3.05) is 24.5 Å². The number of benzene rings is 1. The summed E-state index contributed by atoms with van der Waals surface area (Å²) in [6.45, 7) is 0.385. The molecule has 1 unspecified atom stereocenters. The van der Waals surface area contributed by atoms with Crippen LogP contribution in [0, 0.1) is 17.2 Å². The third-order valence-electron chi connectivity index (χ3n) is 3.04. The minimum Gasteiger partial charge on any atom is -0.481 e. The lowest BCUT2D eigenvalue weighted by molar-refractivity contribution is -0.141. The van der Waals surface area contributed by atoms with Crippen molar-refractivity contribution in [2.45, 2.75) is 0 Å². The van der Waals surface area contributed by atoms with E-state index >= 15 is 0 Å². The Bertz CT molecular complexity index is 550. The summed E-state index contributed by atoms with van der Waals surface area (Å²) in [5.74, 6) is -1.87. The number of hydrogen-bond donors (Lipinski definition) is 2. The molecule has 6 nitrogen and oxygen atoms in total. The first-order valence-corrected chi connectivity index (χ1v) is 5.86. The van der Waals surface area contributed by atoms with Gasteiger partial charge in [-0.1, -0.05) is 12.1 Å². The quantitative estimate of drug-likeness (QED) is 0.791. The molecule has 1 saturated heterocycles. The van der Waals surface area contributed by atoms with E-state index in [0.717, 1.165) is 0 Å². The van der Waals surface area contributed by atoms with Crippen LogP contribution >= 0.6 is 0 Å². The van der Waals surface area contributed by atoms with Gasteiger partial charge in [0.15, 0.2) is 0 Å². The van der Waals surface area contributed by atoms with Crippen molar-refractivity contribution in [2.24, 2.45) is 5.92 Å². The highest BCUT2D eigenvalue weighted by Crippen LogP contribution is 2.22. The lowest BCUT2D eigenvalue weighted by atomic mass is 10.1. The molecule has 1 amide bonds. The largest absolute Gasteiger partial charge is 0.481 e. The highest BCUT2D eigenvalue weighted by molar-refractivity contribution is 5.97. The van der Waals surface area contributed by atoms with Crippen molar-refractivity contribution in [1.82, 2.24) is 5.32 Å². The summed E-state index contributed by atoms with van der Waals surface area (Å²) in [5, 5.41) is 21.0. The van der Waals surface area contributed by atoms with Crippen molar-refractivity contribution < 1.29 is 14.7 Å². The molecular formula is C13H13N3O3. The highest BCUT2D eigenvalue weighted by Gasteiger charge is 2.29. The summed E-state index contributed by atoms with van der Waals surface area (Å²) in [6, 6.07) is 8.70. The monoisotopic (exact) mass is 259 g/mol. The molecule has 0 radical (unpaired) electrons. The lowest BCUT2D eigenvalue weighted by Crippen LogP contribution is -2.37. The smallest absolute Gasteiger partial charge is 0.309 e. The number of nitrogens with one attached hydrogen (secondary N) is 1. The molecule has 6 heteroatoms. The minimum atomic E-state index is -0.957. The molecule has 19 heavy (non-hydrogen) atoms. The molecule has 1 atom stereocenters. The van der Waals surface area contributed by atoms with Crippen molar-refractivity contribution in [3.63, 3.8) is 0 Å². The third kappa shape index (κ3) is 2.72. The summed E-state index contributed by atoms with van der Waals surface area (Å²) in [4.78, 5) is 24.5. The number of hydrogen-bond acceptors (Lipinski definition) is 4. The number of rotatable bonds is 2. The Morgan fingerprint density at radius 3 is 2.89 bits per heavy atom. The molecule has 2 N–H and O–H groups in total. The van der Waals surface area contributed by atoms with E-state index in [9.17, 15) is 9.59 Å². The number of carbonyl (C=O) groups excluding carboxylic acids is 1. The van der Waals surface area contributed by atoms with Crippen LogP contribution in [0.1, 0.15) is 5.56 Å². The summed E-state index contributed by atoms with van der Waals surface area (Å²) in [5.41, 5.74) is 0.826. The number of aliphatic carboxylic acids is 1. The van der Waals surface area contributed by atoms with Crippen molar-refractivity contribution >= 4 is 17.6 Å². The molecule has 1 aliphatic heterocycles. The number of nitriles is 1. The van der Waals surface area contributed by atoms with E-state index in [1.807, 2.05) is 6.07 Å². The molecule has 0 bridgehead atoms. The van der Waals surface area contributed by atoms with Crippen LogP contribution in [0.3, 0.4) is 0 Å². The van der Waals surface area contributed by atoms with Crippen molar-refractivity contribution in [3.8, 4) is 6.07 Å². The maximum absolute atomic E-state index is 12.0. The van der Waals surface area contributed by atoms with E-state index in [1.165, 1.54) is 4.90 Å². The van der Waals surface area contributed by atoms with E-state index in [1.54, 1.807) is 24.3 Å². The molecule has 2 rings (SSSR count). The van der Waals surface area contributed by atoms with Crippen LogP contribution < -0.4 is 10.2 Å². The van der Waals surface area contributed by atoms with Gasteiger partial charge in [0.1, 0.15) is 6.07 Å². The van der Waals surface area contributed by atoms with E-state index < -0.39 is 11.9 Å². The maximum Gasteiger partial charge on any atom is 0.309 e. The van der Waals surface area contributed by atoms with Crippen LogP contribution in [-0.2, 0) is 9.59 Å². The summed E-state index contributed by atoms with van der Waals surface area (Å²) in [7, 11) is 0. The van der Waals surface area contributed by atoms with Crippen molar-refractivity contribution in [3.05, 3.63) is 29.8 Å². The van der Waals surface area contributed by atoms with Gasteiger partial charge in [-0.05, 0) is 12.1 Å². The average molecular weight is 259 g/mol. The normalized spacial score (nSPS) is 19.6. The number of para-hydroxylation sites is 1. The van der Waals surface area contributed by atoms with Crippen LogP contribution in [0.4, 0.5) is 5.69 Å². The predicted octanol–water partition coefficient (Wildman–Crippen LogP) is 0.195. The van der Waals surface area contributed by atoms with Gasteiger partial charge in [-0.25, -0.2) is 0 Å². The van der Waals surface area contributed by atoms with Gasteiger partial charge in [-0.15, -0.1) is 0 Å². The van der Waals surface area contributed by atoms with Crippen LogP contribution in [-0.4, -0.2) is 36.6 Å². The first-order valence-electron chi connectivity index (χ1n) is 5.86. The number of carboxylic acid groups (broad SMARTS) is 1. The van der Waals surface area contributed by atoms with Crippen LogP contribution in [0.2, 0.25) is 0 Å². The number of nitrogens with zero attached hydrogens (tertiary/aromatic N) is 2. The van der Waals surface area contributed by atoms with Crippen LogP contribution in [0.5, 0.6) is 0 Å². The maximum atomic E-state index is 12.0. The summed E-state index contributed by atoms with van der Waals surface area (Å²) >= 11 is 0. The van der Waals surface area contributed by atoms with Gasteiger partial charge < -0.3 is 15.3 Å². The molecule has 1 aromatic rings. The Hall–Kier alpha value is -2.39. The van der Waals surface area contributed by atoms with Gasteiger partial charge in [0.25, 0.3) is 0 Å². The molecule has 1 fully saturated rings. The fourth-order valence-corrected chi connectivity index (χ4v) is 2.04. The standard InChI is InChI=1S/C13H13N3O3/c14-5-9-3-1-2-4-11(9)16-8-10(13(18)19)6-15-7-12(16)17/h1-4,10,15H,6-8H2,(H,18,19). The molecule has 0 aromatic heterocycles. The zero-order valence-electron chi connectivity index (χ0n) is 10.2. The molecule has 1 heterocycles. The van der Waals surface area contributed by atoms with Gasteiger partial charge in [-0.2, -0.15) is 5.26 Å². The Kier molecular flexibility index (Phi) is 3.78. The second-order valence-corrected chi connectivity index (χ2v) is 4.30. The zero-order chi connectivity index (χ0) is 13.8. The SMILES string of the molecule is N#Cc1ccccc1N1CC(C(=O)O)CNCC1=O. The van der Waals surface area contributed by atoms with E-state index in [0.29, 0.717) is 11.3 Å². The summed E-state index contributed by atoms with van der Waals surface area (Å²) in [6.07, 6.45) is 0. The second kappa shape index (κ2) is 5.50. The number of anilines is 1. The van der Waals surface area contributed by atoms with E-state index in [4.69, 9.17) is 10.4 Å². The Morgan fingerprint density at radius 2 is 2.21 bits per heavy atom. The molecule has 1 aromatic carbocycles. The fraction of sp³-hybridized carbons (Fsp3) is 0.308. The van der Waals surface area contributed by atoms with Crippen LogP contribution in [0.25, 0.3) is 0 Å². The number of carboxylic acids is 1. The Morgan fingerprint density at radius 1 is 1.47 bits per heavy atom. The topological polar surface area (TPSA) is 93.4 Å². The Labute approximate surface area is 110 Å². The first-order chi connectivity index (χ1) is 9.13. The van der Waals surface area contributed by atoms with E-state index in [-0.39, 0.29) is 25.5 Å². The van der Waals surface area contributed by atoms with Crippen LogP contribution in [0.15, 0.2) is 24.3 Å². The lowest BCUT2D eigenvalue weighted by Gasteiger charge is -2.23. The minimum absolute atomic E-state index is 0.0693. The molecule has 1 aliphatic rings. The molecular weight excluding hydrogens is 246 g/mol. The molecule has 0 aliphatic carbocycles. The predicted molar refractivity (Wildman–Crippen MR) is 67.5 cm³/mol. The van der Waals surface area contributed by atoms with Gasteiger partial charge in [0.05, 0.1) is 23.7 Å². The van der Waals surface area contributed by atoms with Gasteiger partial charge in [-0.3, -0.25) is 9.59 Å². The van der Waals surface area contributed by atoms with Gasteiger partial charge in [0.2, 0.25) is 5.91 Å². The number of amides is 1. The zero-order valence-corrected chi connectivity index (χ0v) is 10.2. The third-order valence-corrected chi connectivity index (χ3v) is 3.04. The van der Waals surface area contributed by atoms with Gasteiger partial charge >= 0.3 is 5.97 Å².